The second-order valence-electron chi connectivity index (χ2n) is 6.95. The molecular formula is C19H25N3O4. The third-order valence-corrected chi connectivity index (χ3v) is 5.07. The number of nitrogens with zero attached hydrogens (tertiary/aromatic N) is 2. The van der Waals surface area contributed by atoms with E-state index in [1.807, 2.05) is 29.2 Å². The van der Waals surface area contributed by atoms with E-state index in [0.29, 0.717) is 32.4 Å². The maximum Gasteiger partial charge on any atom is 0.317 e. The minimum Gasteiger partial charge on any atom is -0.481 e. The van der Waals surface area contributed by atoms with Gasteiger partial charge in [0.25, 0.3) is 0 Å². The first-order valence-electron chi connectivity index (χ1n) is 9.19. The van der Waals surface area contributed by atoms with Crippen LogP contribution in [0.4, 0.5) is 10.5 Å². The van der Waals surface area contributed by atoms with Gasteiger partial charge in [0.15, 0.2) is 0 Å². The second-order valence-corrected chi connectivity index (χ2v) is 6.95. The largest absolute Gasteiger partial charge is 0.481 e. The number of benzene rings is 1. The monoisotopic (exact) mass is 359 g/mol. The number of urea groups is 1. The van der Waals surface area contributed by atoms with Gasteiger partial charge < -0.3 is 20.2 Å². The van der Waals surface area contributed by atoms with Crippen molar-refractivity contribution in [2.24, 2.45) is 5.92 Å². The Balaban J connectivity index is 1.52. The summed E-state index contributed by atoms with van der Waals surface area (Å²) in [5.74, 6) is -1.16. The Morgan fingerprint density at radius 3 is 2.58 bits per heavy atom. The van der Waals surface area contributed by atoms with Crippen LogP contribution in [0.25, 0.3) is 0 Å². The van der Waals surface area contributed by atoms with Crippen LogP contribution < -0.4 is 10.2 Å². The standard InChI is InChI=1S/C19H25N3O4/c23-17-5-1-2-11-22(17)16-8-6-14(7-9-16)12-20-19(26)21-10-3-4-15(13-21)18(24)25/h6-9,15H,1-5,10-13H2,(H,20,26)(H,24,25). The average Bonchev–Trinajstić information content (AvgIpc) is 2.67. The molecule has 0 aromatic heterocycles. The van der Waals surface area contributed by atoms with E-state index in [9.17, 15) is 14.4 Å². The van der Waals surface area contributed by atoms with Crippen molar-refractivity contribution >= 4 is 23.6 Å². The zero-order valence-electron chi connectivity index (χ0n) is 14.8. The predicted molar refractivity (Wildman–Crippen MR) is 96.8 cm³/mol. The maximum absolute atomic E-state index is 12.3. The van der Waals surface area contributed by atoms with E-state index in [1.54, 1.807) is 4.90 Å². The van der Waals surface area contributed by atoms with Gasteiger partial charge in [0.2, 0.25) is 5.91 Å². The molecule has 2 heterocycles. The van der Waals surface area contributed by atoms with Gasteiger partial charge in [-0.2, -0.15) is 0 Å². The Morgan fingerprint density at radius 2 is 1.88 bits per heavy atom. The van der Waals surface area contributed by atoms with Gasteiger partial charge >= 0.3 is 12.0 Å². The molecule has 2 N–H and O–H groups in total. The SMILES string of the molecule is O=C(O)C1CCCN(C(=O)NCc2ccc(N3CCCCC3=O)cc2)C1. The van der Waals surface area contributed by atoms with Crippen molar-refractivity contribution in [3.05, 3.63) is 29.8 Å². The number of anilines is 1. The molecule has 0 radical (unpaired) electrons. The molecule has 0 spiro atoms. The zero-order chi connectivity index (χ0) is 18.5. The van der Waals surface area contributed by atoms with Crippen molar-refractivity contribution in [1.29, 1.82) is 0 Å². The first kappa shape index (κ1) is 18.2. The van der Waals surface area contributed by atoms with Crippen molar-refractivity contribution in [1.82, 2.24) is 10.2 Å². The van der Waals surface area contributed by atoms with Gasteiger partial charge in [-0.15, -0.1) is 0 Å². The third-order valence-electron chi connectivity index (χ3n) is 5.07. The fraction of sp³-hybridized carbons (Fsp3) is 0.526. The fourth-order valence-corrected chi connectivity index (χ4v) is 3.53. The van der Waals surface area contributed by atoms with Crippen molar-refractivity contribution in [2.45, 2.75) is 38.6 Å². The molecule has 2 saturated heterocycles. The van der Waals surface area contributed by atoms with Crippen LogP contribution in [0.15, 0.2) is 24.3 Å². The van der Waals surface area contributed by atoms with Gasteiger partial charge in [0, 0.05) is 38.3 Å². The number of hydrogen-bond acceptors (Lipinski definition) is 3. The predicted octanol–water partition coefficient (Wildman–Crippen LogP) is 2.21. The van der Waals surface area contributed by atoms with Gasteiger partial charge in [0.05, 0.1) is 5.92 Å². The summed E-state index contributed by atoms with van der Waals surface area (Å²) < 4.78 is 0. The molecule has 1 aromatic rings. The molecule has 0 saturated carbocycles. The summed E-state index contributed by atoms with van der Waals surface area (Å²) in [4.78, 5) is 38.7. The highest BCUT2D eigenvalue weighted by Crippen LogP contribution is 2.21. The molecule has 2 aliphatic heterocycles. The minimum absolute atomic E-state index is 0.162. The Kier molecular flexibility index (Phi) is 5.75. The number of carbonyl (C=O) groups is 3. The summed E-state index contributed by atoms with van der Waals surface area (Å²) in [6, 6.07) is 7.41. The summed E-state index contributed by atoms with van der Waals surface area (Å²) in [6.07, 6.45) is 3.92. The van der Waals surface area contributed by atoms with E-state index in [0.717, 1.165) is 30.6 Å². The van der Waals surface area contributed by atoms with E-state index in [1.165, 1.54) is 0 Å². The molecule has 3 rings (SSSR count). The van der Waals surface area contributed by atoms with Gasteiger partial charge in [-0.1, -0.05) is 12.1 Å². The Hall–Kier alpha value is -2.57. The topological polar surface area (TPSA) is 89.9 Å². The van der Waals surface area contributed by atoms with Crippen LogP contribution in [0, 0.1) is 5.92 Å². The number of piperidine rings is 2. The number of carbonyl (C=O) groups excluding carboxylic acids is 2. The highest BCUT2D eigenvalue weighted by Gasteiger charge is 2.28. The number of carboxylic acids is 1. The van der Waals surface area contributed by atoms with Gasteiger partial charge in [-0.05, 0) is 43.4 Å². The first-order chi connectivity index (χ1) is 12.5. The zero-order valence-corrected chi connectivity index (χ0v) is 14.8. The average molecular weight is 359 g/mol. The number of rotatable bonds is 4. The van der Waals surface area contributed by atoms with E-state index < -0.39 is 11.9 Å². The van der Waals surface area contributed by atoms with Crippen molar-refractivity contribution < 1.29 is 19.5 Å². The quantitative estimate of drug-likeness (QED) is 0.862. The van der Waals surface area contributed by atoms with Gasteiger partial charge in [-0.25, -0.2) is 4.79 Å². The van der Waals surface area contributed by atoms with Crippen molar-refractivity contribution in [2.75, 3.05) is 24.5 Å². The minimum atomic E-state index is -0.842. The number of carboxylic acid groups (broad SMARTS) is 1. The first-order valence-corrected chi connectivity index (χ1v) is 9.19. The molecule has 1 unspecified atom stereocenters. The van der Waals surface area contributed by atoms with E-state index >= 15 is 0 Å². The van der Waals surface area contributed by atoms with E-state index in [2.05, 4.69) is 5.32 Å². The van der Waals surface area contributed by atoms with Crippen LogP contribution in [0.5, 0.6) is 0 Å². The smallest absolute Gasteiger partial charge is 0.317 e. The lowest BCUT2D eigenvalue weighted by molar-refractivity contribution is -0.143. The molecule has 2 fully saturated rings. The lowest BCUT2D eigenvalue weighted by Crippen LogP contribution is -2.46. The Bertz CT molecular complexity index is 674. The molecule has 7 nitrogen and oxygen atoms in total. The number of amides is 3. The van der Waals surface area contributed by atoms with Gasteiger partial charge in [0.1, 0.15) is 0 Å². The lowest BCUT2D eigenvalue weighted by atomic mass is 9.99. The summed E-state index contributed by atoms with van der Waals surface area (Å²) in [6.45, 7) is 1.98. The van der Waals surface area contributed by atoms with Gasteiger partial charge in [-0.3, -0.25) is 9.59 Å². The molecule has 3 amide bonds. The highest BCUT2D eigenvalue weighted by atomic mass is 16.4. The van der Waals surface area contributed by atoms with Crippen LogP contribution in [0.2, 0.25) is 0 Å². The number of likely N-dealkylation sites (tertiary alicyclic amines) is 1. The molecule has 1 aromatic carbocycles. The lowest BCUT2D eigenvalue weighted by Gasteiger charge is -2.30. The van der Waals surface area contributed by atoms with E-state index in [4.69, 9.17) is 5.11 Å². The molecule has 140 valence electrons. The summed E-state index contributed by atoms with van der Waals surface area (Å²) in [5, 5.41) is 12.0. The maximum atomic E-state index is 12.3. The molecule has 0 aliphatic carbocycles. The van der Waals surface area contributed by atoms with Crippen LogP contribution in [-0.4, -0.2) is 47.5 Å². The normalized spacial score (nSPS) is 20.8. The number of aliphatic carboxylic acids is 1. The summed E-state index contributed by atoms with van der Waals surface area (Å²) >= 11 is 0. The van der Waals surface area contributed by atoms with Crippen LogP contribution in [0.3, 0.4) is 0 Å². The van der Waals surface area contributed by atoms with Crippen LogP contribution >= 0.6 is 0 Å². The molecule has 1 atom stereocenters. The molecule has 7 heteroatoms. The number of hydrogen-bond donors (Lipinski definition) is 2. The fourth-order valence-electron chi connectivity index (χ4n) is 3.53. The van der Waals surface area contributed by atoms with Crippen molar-refractivity contribution in [3.63, 3.8) is 0 Å². The highest BCUT2D eigenvalue weighted by molar-refractivity contribution is 5.93. The number of nitrogens with one attached hydrogen (secondary N) is 1. The summed E-state index contributed by atoms with van der Waals surface area (Å²) in [5.41, 5.74) is 1.84. The summed E-state index contributed by atoms with van der Waals surface area (Å²) in [7, 11) is 0. The second kappa shape index (κ2) is 8.21. The molecular weight excluding hydrogens is 334 g/mol. The van der Waals surface area contributed by atoms with Crippen LogP contribution in [0.1, 0.15) is 37.7 Å². The molecule has 2 aliphatic rings. The van der Waals surface area contributed by atoms with Crippen LogP contribution in [-0.2, 0) is 16.1 Å². The third kappa shape index (κ3) is 4.33. The Morgan fingerprint density at radius 1 is 1.12 bits per heavy atom. The Labute approximate surface area is 153 Å². The van der Waals surface area contributed by atoms with Crippen molar-refractivity contribution in [3.8, 4) is 0 Å². The molecule has 0 bridgehead atoms. The van der Waals surface area contributed by atoms with E-state index in [-0.39, 0.29) is 18.5 Å². The molecule has 26 heavy (non-hydrogen) atoms.